The quantitative estimate of drug-likeness (QED) is 0.726. The molecule has 1 heterocycles. The Morgan fingerprint density at radius 1 is 1.36 bits per heavy atom. The lowest BCUT2D eigenvalue weighted by atomic mass is 10.2. The molecule has 1 amide bonds. The maximum Gasteiger partial charge on any atom is 0.222 e. The second-order valence-electron chi connectivity index (χ2n) is 5.41. The number of rotatable bonds is 7. The van der Waals surface area contributed by atoms with Crippen LogP contribution in [-0.4, -0.2) is 43.6 Å². The standard InChI is InChI=1S/C16H23BrN2O2.ClH/c1-19(14-9-10-18-12-14)16(20)4-2-3-11-21-15-7-5-13(17)6-8-15;/h5-8,14,18H,2-4,9-12H2,1H3;1H. The molecule has 1 fully saturated rings. The van der Waals surface area contributed by atoms with Gasteiger partial charge in [-0.2, -0.15) is 0 Å². The lowest BCUT2D eigenvalue weighted by Gasteiger charge is -2.23. The number of benzene rings is 1. The summed E-state index contributed by atoms with van der Waals surface area (Å²) in [6.07, 6.45) is 3.45. The van der Waals surface area contributed by atoms with E-state index in [0.717, 1.165) is 42.6 Å². The molecule has 0 aliphatic carbocycles. The summed E-state index contributed by atoms with van der Waals surface area (Å²) in [7, 11) is 1.92. The minimum atomic E-state index is 0. The molecular weight excluding hydrogens is 368 g/mol. The molecule has 1 aliphatic heterocycles. The number of ether oxygens (including phenoxy) is 1. The minimum absolute atomic E-state index is 0. The first-order chi connectivity index (χ1) is 10.2. The first-order valence-corrected chi connectivity index (χ1v) is 8.31. The van der Waals surface area contributed by atoms with E-state index in [1.54, 1.807) is 0 Å². The van der Waals surface area contributed by atoms with Gasteiger partial charge in [-0.1, -0.05) is 15.9 Å². The number of unbranched alkanes of at least 4 members (excludes halogenated alkanes) is 1. The Hall–Kier alpha value is -0.780. The summed E-state index contributed by atoms with van der Waals surface area (Å²) in [6.45, 7) is 2.60. The number of halogens is 2. The van der Waals surface area contributed by atoms with Crippen LogP contribution in [0.15, 0.2) is 28.7 Å². The Balaban J connectivity index is 0.00000242. The molecule has 22 heavy (non-hydrogen) atoms. The maximum absolute atomic E-state index is 12.1. The fourth-order valence-corrected chi connectivity index (χ4v) is 2.71. The van der Waals surface area contributed by atoms with Crippen molar-refractivity contribution in [3.63, 3.8) is 0 Å². The molecule has 0 spiro atoms. The molecule has 1 aliphatic rings. The predicted octanol–water partition coefficient (Wildman–Crippen LogP) is 3.24. The van der Waals surface area contributed by atoms with Gasteiger partial charge in [0.2, 0.25) is 5.91 Å². The van der Waals surface area contributed by atoms with Crippen LogP contribution < -0.4 is 10.1 Å². The Bertz CT molecular complexity index is 450. The number of carbonyl (C=O) groups is 1. The summed E-state index contributed by atoms with van der Waals surface area (Å²) in [6, 6.07) is 8.18. The van der Waals surface area contributed by atoms with Gasteiger partial charge in [0, 0.05) is 30.5 Å². The lowest BCUT2D eigenvalue weighted by molar-refractivity contribution is -0.131. The molecule has 124 valence electrons. The third kappa shape index (κ3) is 6.15. The van der Waals surface area contributed by atoms with Gasteiger partial charge >= 0.3 is 0 Å². The second kappa shape index (κ2) is 10.1. The molecule has 2 rings (SSSR count). The number of hydrogen-bond donors (Lipinski definition) is 1. The van der Waals surface area contributed by atoms with Crippen LogP contribution in [0.1, 0.15) is 25.7 Å². The van der Waals surface area contributed by atoms with E-state index in [4.69, 9.17) is 4.74 Å². The van der Waals surface area contributed by atoms with Gasteiger partial charge in [-0.3, -0.25) is 4.79 Å². The monoisotopic (exact) mass is 390 g/mol. The van der Waals surface area contributed by atoms with Crippen molar-refractivity contribution < 1.29 is 9.53 Å². The summed E-state index contributed by atoms with van der Waals surface area (Å²) >= 11 is 3.39. The molecule has 0 aromatic heterocycles. The van der Waals surface area contributed by atoms with E-state index in [1.807, 2.05) is 36.2 Å². The molecule has 1 N–H and O–H groups in total. The van der Waals surface area contributed by atoms with Crippen molar-refractivity contribution in [2.45, 2.75) is 31.7 Å². The summed E-state index contributed by atoms with van der Waals surface area (Å²) in [5.74, 6) is 1.12. The Kier molecular flexibility index (Phi) is 8.83. The molecule has 1 atom stereocenters. The topological polar surface area (TPSA) is 41.6 Å². The fourth-order valence-electron chi connectivity index (χ4n) is 2.45. The van der Waals surface area contributed by atoms with Crippen molar-refractivity contribution in [3.8, 4) is 5.75 Å². The van der Waals surface area contributed by atoms with E-state index in [-0.39, 0.29) is 18.3 Å². The minimum Gasteiger partial charge on any atom is -0.494 e. The maximum atomic E-state index is 12.1. The summed E-state index contributed by atoms with van der Waals surface area (Å²) < 4.78 is 6.69. The highest BCUT2D eigenvalue weighted by molar-refractivity contribution is 9.10. The van der Waals surface area contributed by atoms with Gasteiger partial charge in [-0.05, 0) is 50.1 Å². The smallest absolute Gasteiger partial charge is 0.222 e. The van der Waals surface area contributed by atoms with E-state index in [2.05, 4.69) is 21.2 Å². The number of nitrogens with one attached hydrogen (secondary N) is 1. The highest BCUT2D eigenvalue weighted by Crippen LogP contribution is 2.16. The van der Waals surface area contributed by atoms with Crippen molar-refractivity contribution in [1.29, 1.82) is 0 Å². The summed E-state index contributed by atoms with van der Waals surface area (Å²) in [5, 5.41) is 3.29. The van der Waals surface area contributed by atoms with Gasteiger partial charge in [0.05, 0.1) is 6.61 Å². The molecular formula is C16H24BrClN2O2. The van der Waals surface area contributed by atoms with Crippen LogP contribution in [0.5, 0.6) is 5.75 Å². The third-order valence-electron chi connectivity index (χ3n) is 3.84. The van der Waals surface area contributed by atoms with Crippen molar-refractivity contribution in [3.05, 3.63) is 28.7 Å². The highest BCUT2D eigenvalue weighted by atomic mass is 79.9. The van der Waals surface area contributed by atoms with E-state index in [0.29, 0.717) is 19.1 Å². The van der Waals surface area contributed by atoms with Crippen LogP contribution in [0, 0.1) is 0 Å². The molecule has 0 radical (unpaired) electrons. The number of amides is 1. The van der Waals surface area contributed by atoms with E-state index in [9.17, 15) is 4.79 Å². The van der Waals surface area contributed by atoms with Crippen LogP contribution in [0.4, 0.5) is 0 Å². The van der Waals surface area contributed by atoms with Crippen molar-refractivity contribution in [2.24, 2.45) is 0 Å². The van der Waals surface area contributed by atoms with Gasteiger partial charge in [-0.25, -0.2) is 0 Å². The molecule has 1 unspecified atom stereocenters. The Labute approximate surface area is 147 Å². The molecule has 6 heteroatoms. The average Bonchev–Trinajstić information content (AvgIpc) is 3.02. The second-order valence-corrected chi connectivity index (χ2v) is 6.33. The van der Waals surface area contributed by atoms with E-state index >= 15 is 0 Å². The third-order valence-corrected chi connectivity index (χ3v) is 4.37. The first-order valence-electron chi connectivity index (χ1n) is 7.51. The van der Waals surface area contributed by atoms with Crippen LogP contribution in [0.3, 0.4) is 0 Å². The summed E-state index contributed by atoms with van der Waals surface area (Å²) in [5.41, 5.74) is 0. The number of likely N-dealkylation sites (N-methyl/N-ethyl adjacent to an activating group) is 1. The number of carbonyl (C=O) groups excluding carboxylic acids is 1. The molecule has 1 saturated heterocycles. The zero-order chi connectivity index (χ0) is 15.1. The largest absolute Gasteiger partial charge is 0.494 e. The predicted molar refractivity (Wildman–Crippen MR) is 94.8 cm³/mol. The lowest BCUT2D eigenvalue weighted by Crippen LogP contribution is -2.38. The fraction of sp³-hybridized carbons (Fsp3) is 0.562. The average molecular weight is 392 g/mol. The van der Waals surface area contributed by atoms with Crippen molar-refractivity contribution in [2.75, 3.05) is 26.7 Å². The normalized spacial score (nSPS) is 16.9. The van der Waals surface area contributed by atoms with E-state index < -0.39 is 0 Å². The van der Waals surface area contributed by atoms with Crippen LogP contribution in [0.2, 0.25) is 0 Å². The zero-order valence-electron chi connectivity index (χ0n) is 12.9. The van der Waals surface area contributed by atoms with Gasteiger partial charge in [0.1, 0.15) is 5.75 Å². The first kappa shape index (κ1) is 19.3. The van der Waals surface area contributed by atoms with Crippen molar-refractivity contribution in [1.82, 2.24) is 10.2 Å². The van der Waals surface area contributed by atoms with Gasteiger partial charge in [0.15, 0.2) is 0 Å². The number of nitrogens with zero attached hydrogens (tertiary/aromatic N) is 1. The van der Waals surface area contributed by atoms with Crippen LogP contribution in [-0.2, 0) is 4.79 Å². The van der Waals surface area contributed by atoms with Gasteiger partial charge in [0.25, 0.3) is 0 Å². The molecule has 0 saturated carbocycles. The number of hydrogen-bond acceptors (Lipinski definition) is 3. The molecule has 1 aromatic carbocycles. The summed E-state index contributed by atoms with van der Waals surface area (Å²) in [4.78, 5) is 14.0. The van der Waals surface area contributed by atoms with Gasteiger partial charge in [-0.15, -0.1) is 12.4 Å². The zero-order valence-corrected chi connectivity index (χ0v) is 15.3. The SMILES string of the molecule is CN(C(=O)CCCCOc1ccc(Br)cc1)C1CCNC1.Cl. The van der Waals surface area contributed by atoms with E-state index in [1.165, 1.54) is 0 Å². The van der Waals surface area contributed by atoms with Gasteiger partial charge < -0.3 is 15.0 Å². The highest BCUT2D eigenvalue weighted by Gasteiger charge is 2.22. The Morgan fingerprint density at radius 2 is 2.09 bits per heavy atom. The van der Waals surface area contributed by atoms with Crippen molar-refractivity contribution >= 4 is 34.2 Å². The molecule has 0 bridgehead atoms. The molecule has 1 aromatic rings. The molecule has 4 nitrogen and oxygen atoms in total. The van der Waals surface area contributed by atoms with Crippen LogP contribution in [0.25, 0.3) is 0 Å². The van der Waals surface area contributed by atoms with Crippen LogP contribution >= 0.6 is 28.3 Å². The Morgan fingerprint density at radius 3 is 2.73 bits per heavy atom.